The van der Waals surface area contributed by atoms with Crippen molar-refractivity contribution in [1.29, 1.82) is 0 Å². The Balaban J connectivity index is 1.56. The minimum Gasteiger partial charge on any atom is -0.353 e. The number of imide groups is 1. The third-order valence-electron chi connectivity index (χ3n) is 4.84. The lowest BCUT2D eigenvalue weighted by Crippen LogP contribution is -2.45. The maximum absolute atomic E-state index is 12.3. The highest BCUT2D eigenvalue weighted by molar-refractivity contribution is 6.05. The second-order valence-corrected chi connectivity index (χ2v) is 6.63. The summed E-state index contributed by atoms with van der Waals surface area (Å²) in [6.07, 6.45) is 5.30. The predicted octanol–water partition coefficient (Wildman–Crippen LogP) is 1.50. The van der Waals surface area contributed by atoms with Crippen molar-refractivity contribution in [3.63, 3.8) is 0 Å². The third kappa shape index (κ3) is 4.13. The average Bonchev–Trinajstić information content (AvgIpc) is 2.87. The number of benzene rings is 1. The number of amides is 4. The predicted molar refractivity (Wildman–Crippen MR) is 89.1 cm³/mol. The van der Waals surface area contributed by atoms with Crippen LogP contribution < -0.4 is 16.0 Å². The van der Waals surface area contributed by atoms with Gasteiger partial charge in [-0.05, 0) is 30.7 Å². The maximum Gasteiger partial charge on any atom is 0.322 e. The summed E-state index contributed by atoms with van der Waals surface area (Å²) in [7, 11) is 0. The monoisotopic (exact) mass is 329 g/mol. The van der Waals surface area contributed by atoms with Crippen molar-refractivity contribution in [3.05, 3.63) is 35.9 Å². The van der Waals surface area contributed by atoms with Gasteiger partial charge in [-0.1, -0.05) is 43.2 Å². The summed E-state index contributed by atoms with van der Waals surface area (Å²) in [5.74, 6) is -0.195. The molecule has 0 spiro atoms. The molecule has 3 atom stereocenters. The quantitative estimate of drug-likeness (QED) is 0.716. The Morgan fingerprint density at radius 1 is 1.12 bits per heavy atom. The number of rotatable bonds is 5. The van der Waals surface area contributed by atoms with Crippen LogP contribution in [0, 0.1) is 5.92 Å². The first kappa shape index (κ1) is 16.5. The van der Waals surface area contributed by atoms with E-state index in [0.717, 1.165) is 25.7 Å². The molecule has 2 fully saturated rings. The molecule has 4 amide bonds. The van der Waals surface area contributed by atoms with Crippen molar-refractivity contribution in [2.75, 3.05) is 0 Å². The molecular formula is C18H23N3O3. The van der Waals surface area contributed by atoms with Gasteiger partial charge in [-0.2, -0.15) is 0 Å². The van der Waals surface area contributed by atoms with Gasteiger partial charge in [-0.3, -0.25) is 14.9 Å². The molecule has 1 aromatic rings. The van der Waals surface area contributed by atoms with Crippen molar-refractivity contribution in [2.24, 2.45) is 5.92 Å². The SMILES string of the molecule is O=C(CC1NC(=O)NC1=O)NC1CCCCC1Cc1ccccc1. The molecule has 1 saturated carbocycles. The summed E-state index contributed by atoms with van der Waals surface area (Å²) in [4.78, 5) is 34.9. The van der Waals surface area contributed by atoms with Gasteiger partial charge in [0, 0.05) is 6.04 Å². The lowest BCUT2D eigenvalue weighted by atomic mass is 9.80. The molecule has 1 aromatic carbocycles. The van der Waals surface area contributed by atoms with E-state index in [2.05, 4.69) is 28.1 Å². The molecule has 6 heteroatoms. The Labute approximate surface area is 141 Å². The van der Waals surface area contributed by atoms with Crippen LogP contribution in [0.15, 0.2) is 30.3 Å². The Kier molecular flexibility index (Phi) is 5.13. The van der Waals surface area contributed by atoms with Gasteiger partial charge in [0.1, 0.15) is 6.04 Å². The molecule has 1 aliphatic carbocycles. The van der Waals surface area contributed by atoms with Crippen LogP contribution in [0.5, 0.6) is 0 Å². The largest absolute Gasteiger partial charge is 0.353 e. The van der Waals surface area contributed by atoms with Gasteiger partial charge in [0.2, 0.25) is 5.91 Å². The van der Waals surface area contributed by atoms with Gasteiger partial charge in [0.25, 0.3) is 5.91 Å². The van der Waals surface area contributed by atoms with E-state index in [1.165, 1.54) is 12.0 Å². The number of hydrogen-bond donors (Lipinski definition) is 3. The number of nitrogens with one attached hydrogen (secondary N) is 3. The molecule has 1 saturated heterocycles. The van der Waals surface area contributed by atoms with E-state index in [0.29, 0.717) is 5.92 Å². The molecule has 1 aliphatic heterocycles. The molecule has 24 heavy (non-hydrogen) atoms. The van der Waals surface area contributed by atoms with Crippen LogP contribution in [-0.4, -0.2) is 29.9 Å². The standard InChI is InChI=1S/C18H23N3O3/c22-16(11-15-17(23)21-18(24)20-15)19-14-9-5-4-8-13(14)10-12-6-2-1-3-7-12/h1-3,6-7,13-15H,4-5,8-11H2,(H,19,22)(H2,20,21,23,24). The van der Waals surface area contributed by atoms with Crippen LogP contribution in [-0.2, 0) is 16.0 Å². The van der Waals surface area contributed by atoms with E-state index in [4.69, 9.17) is 0 Å². The smallest absolute Gasteiger partial charge is 0.322 e. The molecule has 3 rings (SSSR count). The van der Waals surface area contributed by atoms with Crippen LogP contribution in [0.1, 0.15) is 37.7 Å². The van der Waals surface area contributed by atoms with Crippen molar-refractivity contribution < 1.29 is 14.4 Å². The van der Waals surface area contributed by atoms with E-state index in [1.54, 1.807) is 0 Å². The molecular weight excluding hydrogens is 306 g/mol. The fourth-order valence-electron chi connectivity index (χ4n) is 3.61. The van der Waals surface area contributed by atoms with Crippen LogP contribution >= 0.6 is 0 Å². The van der Waals surface area contributed by atoms with Crippen molar-refractivity contribution in [2.45, 2.75) is 50.6 Å². The zero-order chi connectivity index (χ0) is 16.9. The van der Waals surface area contributed by atoms with E-state index in [-0.39, 0.29) is 18.4 Å². The topological polar surface area (TPSA) is 87.3 Å². The minimum absolute atomic E-state index is 0.00781. The number of urea groups is 1. The van der Waals surface area contributed by atoms with Crippen molar-refractivity contribution in [1.82, 2.24) is 16.0 Å². The summed E-state index contributed by atoms with van der Waals surface area (Å²) >= 11 is 0. The van der Waals surface area contributed by atoms with E-state index >= 15 is 0 Å². The lowest BCUT2D eigenvalue weighted by molar-refractivity contribution is -0.127. The average molecular weight is 329 g/mol. The zero-order valence-corrected chi connectivity index (χ0v) is 13.6. The molecule has 0 aromatic heterocycles. The summed E-state index contributed by atoms with van der Waals surface area (Å²) in [5.41, 5.74) is 1.28. The highest BCUT2D eigenvalue weighted by Gasteiger charge is 2.33. The van der Waals surface area contributed by atoms with Gasteiger partial charge in [-0.15, -0.1) is 0 Å². The minimum atomic E-state index is -0.756. The number of carbonyl (C=O) groups is 3. The van der Waals surface area contributed by atoms with Gasteiger partial charge < -0.3 is 10.6 Å². The summed E-state index contributed by atoms with van der Waals surface area (Å²) in [5, 5.41) is 7.69. The molecule has 2 aliphatic rings. The van der Waals surface area contributed by atoms with E-state index < -0.39 is 18.0 Å². The van der Waals surface area contributed by atoms with Gasteiger partial charge in [0.15, 0.2) is 0 Å². The normalized spacial score (nSPS) is 26.6. The Hall–Kier alpha value is -2.37. The zero-order valence-electron chi connectivity index (χ0n) is 13.6. The fourth-order valence-corrected chi connectivity index (χ4v) is 3.61. The van der Waals surface area contributed by atoms with Crippen LogP contribution in [0.2, 0.25) is 0 Å². The molecule has 128 valence electrons. The second-order valence-electron chi connectivity index (χ2n) is 6.63. The maximum atomic E-state index is 12.3. The van der Waals surface area contributed by atoms with Crippen LogP contribution in [0.25, 0.3) is 0 Å². The first-order chi connectivity index (χ1) is 11.6. The van der Waals surface area contributed by atoms with Crippen molar-refractivity contribution in [3.8, 4) is 0 Å². The van der Waals surface area contributed by atoms with Crippen LogP contribution in [0.4, 0.5) is 4.79 Å². The number of hydrogen-bond acceptors (Lipinski definition) is 3. The number of carbonyl (C=O) groups excluding carboxylic acids is 3. The first-order valence-electron chi connectivity index (χ1n) is 8.56. The summed E-state index contributed by atoms with van der Waals surface area (Å²) in [6.45, 7) is 0. The summed E-state index contributed by atoms with van der Waals surface area (Å²) < 4.78 is 0. The third-order valence-corrected chi connectivity index (χ3v) is 4.84. The molecule has 1 heterocycles. The highest BCUT2D eigenvalue weighted by atomic mass is 16.2. The highest BCUT2D eigenvalue weighted by Crippen LogP contribution is 2.27. The molecule has 0 radical (unpaired) electrons. The first-order valence-corrected chi connectivity index (χ1v) is 8.56. The molecule has 6 nitrogen and oxygen atoms in total. The Morgan fingerprint density at radius 3 is 2.58 bits per heavy atom. The molecule has 0 bridgehead atoms. The fraction of sp³-hybridized carbons (Fsp3) is 0.500. The lowest BCUT2D eigenvalue weighted by Gasteiger charge is -2.32. The van der Waals surface area contributed by atoms with Gasteiger partial charge in [-0.25, -0.2) is 4.79 Å². The summed E-state index contributed by atoms with van der Waals surface area (Å²) in [6, 6.07) is 9.15. The van der Waals surface area contributed by atoms with Crippen molar-refractivity contribution >= 4 is 17.8 Å². The molecule has 3 unspecified atom stereocenters. The van der Waals surface area contributed by atoms with Gasteiger partial charge >= 0.3 is 6.03 Å². The van der Waals surface area contributed by atoms with E-state index in [1.807, 2.05) is 18.2 Å². The Morgan fingerprint density at radius 2 is 1.88 bits per heavy atom. The second kappa shape index (κ2) is 7.47. The van der Waals surface area contributed by atoms with E-state index in [9.17, 15) is 14.4 Å². The van der Waals surface area contributed by atoms with Gasteiger partial charge in [0.05, 0.1) is 6.42 Å². The van der Waals surface area contributed by atoms with Crippen LogP contribution in [0.3, 0.4) is 0 Å². The molecule has 3 N–H and O–H groups in total. The Bertz CT molecular complexity index is 617.